The van der Waals surface area contributed by atoms with E-state index in [0.717, 1.165) is 24.8 Å². The number of carbonyl (C=O) groups is 3. The molecule has 138 valence electrons. The predicted octanol–water partition coefficient (Wildman–Crippen LogP) is 3.89. The lowest BCUT2D eigenvalue weighted by Crippen LogP contribution is -2.54. The lowest BCUT2D eigenvalue weighted by Gasteiger charge is -2.34. The van der Waals surface area contributed by atoms with Crippen molar-refractivity contribution in [3.8, 4) is 0 Å². The number of esters is 2. The van der Waals surface area contributed by atoms with Crippen LogP contribution in [-0.2, 0) is 19.1 Å². The molecular formula is C20H21ClO5. The molecule has 3 rings (SSSR count). The molecule has 0 aliphatic heterocycles. The van der Waals surface area contributed by atoms with E-state index in [1.807, 2.05) is 0 Å². The number of Topliss-reactive ketones (excluding diaryl/α,β-unsaturated/α-hetero) is 1. The highest BCUT2D eigenvalue weighted by atomic mass is 35.5. The number of benzene rings is 1. The highest BCUT2D eigenvalue weighted by Gasteiger charge is 2.63. The molecule has 0 spiro atoms. The van der Waals surface area contributed by atoms with Gasteiger partial charge in [-0.15, -0.1) is 0 Å². The predicted molar refractivity (Wildman–Crippen MR) is 95.9 cm³/mol. The van der Waals surface area contributed by atoms with Gasteiger partial charge in [0, 0.05) is 10.9 Å². The van der Waals surface area contributed by atoms with E-state index < -0.39 is 29.2 Å². The van der Waals surface area contributed by atoms with Crippen LogP contribution in [0.25, 0.3) is 0 Å². The summed E-state index contributed by atoms with van der Waals surface area (Å²) in [5.74, 6) is -2.42. The van der Waals surface area contributed by atoms with Crippen molar-refractivity contribution in [3.05, 3.63) is 46.0 Å². The van der Waals surface area contributed by atoms with E-state index in [9.17, 15) is 14.4 Å². The summed E-state index contributed by atoms with van der Waals surface area (Å²) in [5, 5.41) is 0.477. The fourth-order valence-electron chi connectivity index (χ4n) is 3.92. The van der Waals surface area contributed by atoms with Gasteiger partial charge in [0.25, 0.3) is 5.60 Å². The highest BCUT2D eigenvalue weighted by molar-refractivity contribution is 6.30. The van der Waals surface area contributed by atoms with Crippen molar-refractivity contribution in [2.75, 3.05) is 6.61 Å². The zero-order valence-corrected chi connectivity index (χ0v) is 15.6. The van der Waals surface area contributed by atoms with Crippen LogP contribution in [0.3, 0.4) is 0 Å². The molecule has 2 aliphatic rings. The first-order valence-corrected chi connectivity index (χ1v) is 9.20. The third-order valence-corrected chi connectivity index (χ3v) is 5.42. The molecule has 26 heavy (non-hydrogen) atoms. The van der Waals surface area contributed by atoms with Gasteiger partial charge < -0.3 is 9.47 Å². The van der Waals surface area contributed by atoms with Gasteiger partial charge in [0.1, 0.15) is 0 Å². The molecule has 0 amide bonds. The molecule has 1 aromatic rings. The Bertz CT molecular complexity index is 780. The highest BCUT2D eigenvalue weighted by Crippen LogP contribution is 2.48. The Balaban J connectivity index is 2.00. The first kappa shape index (κ1) is 18.6. The molecule has 2 aliphatic carbocycles. The molecule has 0 bridgehead atoms. The number of rotatable bonds is 4. The molecule has 1 fully saturated rings. The number of ether oxygens (including phenoxy) is 2. The lowest BCUT2D eigenvalue weighted by atomic mass is 9.77. The second kappa shape index (κ2) is 7.23. The minimum absolute atomic E-state index is 0.105. The monoisotopic (exact) mass is 376 g/mol. The van der Waals surface area contributed by atoms with Crippen LogP contribution in [0.2, 0.25) is 5.02 Å². The summed E-state index contributed by atoms with van der Waals surface area (Å²) in [6.45, 7) is 3.47. The van der Waals surface area contributed by atoms with Gasteiger partial charge in [0.05, 0.1) is 12.2 Å². The fraction of sp³-hybridized carbons (Fsp3) is 0.450. The Morgan fingerprint density at radius 1 is 1.23 bits per heavy atom. The van der Waals surface area contributed by atoms with Gasteiger partial charge in [-0.3, -0.25) is 4.79 Å². The maximum atomic E-state index is 13.1. The van der Waals surface area contributed by atoms with E-state index in [1.165, 1.54) is 12.1 Å². The number of hydrogen-bond acceptors (Lipinski definition) is 5. The van der Waals surface area contributed by atoms with Crippen LogP contribution in [0.5, 0.6) is 0 Å². The smallest absolute Gasteiger partial charge is 0.359 e. The van der Waals surface area contributed by atoms with Gasteiger partial charge in [-0.25, -0.2) is 9.59 Å². The van der Waals surface area contributed by atoms with Crippen molar-refractivity contribution >= 4 is 29.3 Å². The number of ketones is 1. The largest absolute Gasteiger partial charge is 0.463 e. The molecular weight excluding hydrogens is 356 g/mol. The number of carbonyl (C=O) groups excluding carboxylic acids is 3. The Labute approximate surface area is 157 Å². The molecule has 1 aromatic carbocycles. The third-order valence-electron chi connectivity index (χ3n) is 5.17. The van der Waals surface area contributed by atoms with Crippen LogP contribution in [0.1, 0.15) is 49.9 Å². The molecule has 0 heterocycles. The summed E-state index contributed by atoms with van der Waals surface area (Å²) in [4.78, 5) is 38.6. The molecule has 0 N–H and O–H groups in total. The van der Waals surface area contributed by atoms with Crippen LogP contribution < -0.4 is 0 Å². The van der Waals surface area contributed by atoms with Crippen LogP contribution in [0.4, 0.5) is 0 Å². The van der Waals surface area contributed by atoms with Crippen molar-refractivity contribution < 1.29 is 23.9 Å². The standard InChI is InChI=1S/C20H21ClO5/c1-3-25-19(24)20(26-18(23)13-8-10-14(21)11-9-13)16-7-5-4-6-15(16)12(2)17(20)22/h8-11,16H,3-7H2,1-2H3/t16-,20+/m0/s1. The lowest BCUT2D eigenvalue weighted by molar-refractivity contribution is -0.173. The van der Waals surface area contributed by atoms with Crippen LogP contribution in [-0.4, -0.2) is 29.9 Å². The third kappa shape index (κ3) is 2.94. The van der Waals surface area contributed by atoms with Crippen LogP contribution >= 0.6 is 11.6 Å². The fourth-order valence-corrected chi connectivity index (χ4v) is 4.04. The topological polar surface area (TPSA) is 69.7 Å². The van der Waals surface area contributed by atoms with Crippen molar-refractivity contribution in [1.29, 1.82) is 0 Å². The quantitative estimate of drug-likeness (QED) is 0.589. The second-order valence-electron chi connectivity index (χ2n) is 6.63. The van der Waals surface area contributed by atoms with Crippen molar-refractivity contribution in [2.24, 2.45) is 5.92 Å². The number of halogens is 1. The summed E-state index contributed by atoms with van der Waals surface area (Å²) in [7, 11) is 0. The van der Waals surface area contributed by atoms with Crippen molar-refractivity contribution in [3.63, 3.8) is 0 Å². The van der Waals surface area contributed by atoms with E-state index in [0.29, 0.717) is 17.0 Å². The first-order chi connectivity index (χ1) is 12.4. The van der Waals surface area contributed by atoms with Crippen LogP contribution in [0.15, 0.2) is 35.4 Å². The number of fused-ring (bicyclic) bond motifs is 1. The molecule has 0 radical (unpaired) electrons. The minimum atomic E-state index is -1.91. The summed E-state index contributed by atoms with van der Waals surface area (Å²) in [5.41, 5.74) is -0.246. The van der Waals surface area contributed by atoms with E-state index in [4.69, 9.17) is 21.1 Å². The molecule has 6 heteroatoms. The SMILES string of the molecule is CCOC(=O)[C@]1(OC(=O)c2ccc(Cl)cc2)C(=O)C(C)=C2CCCC[C@@H]21. The van der Waals surface area contributed by atoms with Crippen molar-refractivity contribution in [1.82, 2.24) is 0 Å². The second-order valence-corrected chi connectivity index (χ2v) is 7.07. The molecule has 0 saturated heterocycles. The Morgan fingerprint density at radius 3 is 2.58 bits per heavy atom. The number of hydrogen-bond donors (Lipinski definition) is 0. The average molecular weight is 377 g/mol. The summed E-state index contributed by atoms with van der Waals surface area (Å²) >= 11 is 5.85. The van der Waals surface area contributed by atoms with Crippen molar-refractivity contribution in [2.45, 2.75) is 45.1 Å². The summed E-state index contributed by atoms with van der Waals surface area (Å²) < 4.78 is 10.8. The van der Waals surface area contributed by atoms with Gasteiger partial charge in [-0.05, 0) is 62.9 Å². The Hall–Kier alpha value is -2.14. The average Bonchev–Trinajstić information content (AvgIpc) is 2.85. The van der Waals surface area contributed by atoms with Gasteiger partial charge in [0.15, 0.2) is 0 Å². The molecule has 1 saturated carbocycles. The molecule has 0 unspecified atom stereocenters. The maximum Gasteiger partial charge on any atom is 0.359 e. The minimum Gasteiger partial charge on any atom is -0.463 e. The zero-order chi connectivity index (χ0) is 18.9. The Morgan fingerprint density at radius 2 is 1.92 bits per heavy atom. The molecule has 2 atom stereocenters. The molecule has 0 aromatic heterocycles. The van der Waals surface area contributed by atoms with Crippen LogP contribution in [0, 0.1) is 5.92 Å². The zero-order valence-electron chi connectivity index (χ0n) is 14.8. The van der Waals surface area contributed by atoms with Gasteiger partial charge in [0.2, 0.25) is 5.78 Å². The first-order valence-electron chi connectivity index (χ1n) is 8.82. The molecule has 5 nitrogen and oxygen atoms in total. The van der Waals surface area contributed by atoms with Gasteiger partial charge in [-0.1, -0.05) is 23.6 Å². The normalized spacial score (nSPS) is 25.0. The maximum absolute atomic E-state index is 13.1. The van der Waals surface area contributed by atoms with Gasteiger partial charge >= 0.3 is 11.9 Å². The Kier molecular flexibility index (Phi) is 5.19. The van der Waals surface area contributed by atoms with E-state index in [1.54, 1.807) is 26.0 Å². The van der Waals surface area contributed by atoms with Gasteiger partial charge in [-0.2, -0.15) is 0 Å². The summed E-state index contributed by atoms with van der Waals surface area (Å²) in [6.07, 6.45) is 3.18. The van der Waals surface area contributed by atoms with E-state index >= 15 is 0 Å². The van der Waals surface area contributed by atoms with E-state index in [-0.39, 0.29) is 12.2 Å². The summed E-state index contributed by atoms with van der Waals surface area (Å²) in [6, 6.07) is 6.12. The van der Waals surface area contributed by atoms with E-state index in [2.05, 4.69) is 0 Å².